The van der Waals surface area contributed by atoms with Gasteiger partial charge in [-0.15, -0.1) is 12.4 Å². The monoisotopic (exact) mass is 318 g/mol. The molecule has 0 aliphatic carbocycles. The lowest BCUT2D eigenvalue weighted by Gasteiger charge is -2.30. The second-order valence-electron chi connectivity index (χ2n) is 5.38. The van der Waals surface area contributed by atoms with Gasteiger partial charge in [0.25, 0.3) is 0 Å². The molecule has 1 aromatic carbocycles. The van der Waals surface area contributed by atoms with Crippen molar-refractivity contribution in [1.82, 2.24) is 10.0 Å². The summed E-state index contributed by atoms with van der Waals surface area (Å²) in [4.78, 5) is 0.385. The van der Waals surface area contributed by atoms with Crippen LogP contribution in [0.25, 0.3) is 0 Å². The van der Waals surface area contributed by atoms with E-state index in [1.807, 2.05) is 32.9 Å². The number of rotatable bonds is 3. The summed E-state index contributed by atoms with van der Waals surface area (Å²) in [5.74, 6) is 0. The molecule has 2 atom stereocenters. The summed E-state index contributed by atoms with van der Waals surface area (Å²) in [7, 11) is -3.43. The van der Waals surface area contributed by atoms with Crippen molar-refractivity contribution in [3.8, 4) is 0 Å². The van der Waals surface area contributed by atoms with Crippen LogP contribution >= 0.6 is 12.4 Å². The van der Waals surface area contributed by atoms with Crippen molar-refractivity contribution in [3.63, 3.8) is 0 Å². The molecule has 1 heterocycles. The van der Waals surface area contributed by atoms with Gasteiger partial charge in [0.1, 0.15) is 0 Å². The molecule has 114 valence electrons. The summed E-state index contributed by atoms with van der Waals surface area (Å²) in [6, 6.07) is 5.57. The molecule has 0 amide bonds. The smallest absolute Gasteiger partial charge is 0.241 e. The quantitative estimate of drug-likeness (QED) is 0.897. The molecule has 0 aromatic heterocycles. The van der Waals surface area contributed by atoms with Crippen molar-refractivity contribution in [2.24, 2.45) is 0 Å². The van der Waals surface area contributed by atoms with Crippen LogP contribution in [0.2, 0.25) is 0 Å². The molecular weight excluding hydrogens is 296 g/mol. The molecule has 0 saturated carbocycles. The van der Waals surface area contributed by atoms with Gasteiger partial charge in [-0.05, 0) is 51.8 Å². The number of nitrogens with one attached hydrogen (secondary N) is 2. The van der Waals surface area contributed by atoms with Gasteiger partial charge in [0, 0.05) is 12.1 Å². The minimum Gasteiger partial charge on any atom is -0.313 e. The van der Waals surface area contributed by atoms with Gasteiger partial charge < -0.3 is 5.32 Å². The molecule has 20 heavy (non-hydrogen) atoms. The number of hydrogen-bond donors (Lipinski definition) is 2. The fourth-order valence-electron chi connectivity index (χ4n) is 2.57. The van der Waals surface area contributed by atoms with Crippen LogP contribution in [0.4, 0.5) is 0 Å². The Morgan fingerprint density at radius 3 is 2.60 bits per heavy atom. The van der Waals surface area contributed by atoms with Gasteiger partial charge in [-0.2, -0.15) is 0 Å². The minimum atomic E-state index is -3.43. The van der Waals surface area contributed by atoms with E-state index in [0.29, 0.717) is 4.90 Å². The average Bonchev–Trinajstić information content (AvgIpc) is 2.31. The predicted octanol–water partition coefficient (Wildman–Crippen LogP) is 2.14. The summed E-state index contributed by atoms with van der Waals surface area (Å²) < 4.78 is 27.7. The van der Waals surface area contributed by atoms with E-state index < -0.39 is 10.0 Å². The van der Waals surface area contributed by atoms with E-state index in [4.69, 9.17) is 0 Å². The summed E-state index contributed by atoms with van der Waals surface area (Å²) >= 11 is 0. The number of sulfonamides is 1. The molecular formula is C14H23ClN2O2S. The van der Waals surface area contributed by atoms with E-state index in [1.54, 1.807) is 6.07 Å². The first-order valence-electron chi connectivity index (χ1n) is 6.73. The first-order chi connectivity index (χ1) is 8.90. The highest BCUT2D eigenvalue weighted by molar-refractivity contribution is 7.89. The van der Waals surface area contributed by atoms with E-state index >= 15 is 0 Å². The van der Waals surface area contributed by atoms with Gasteiger partial charge in [0.2, 0.25) is 10.0 Å². The van der Waals surface area contributed by atoms with Gasteiger partial charge in [-0.3, -0.25) is 0 Å². The van der Waals surface area contributed by atoms with Crippen LogP contribution in [0.15, 0.2) is 23.1 Å². The van der Waals surface area contributed by atoms with E-state index in [1.165, 1.54) is 0 Å². The normalized spacial score (nSPS) is 23.1. The number of piperidine rings is 1. The van der Waals surface area contributed by atoms with Crippen LogP contribution in [0.1, 0.15) is 30.9 Å². The Kier molecular flexibility index (Phi) is 6.01. The number of hydrogen-bond acceptors (Lipinski definition) is 3. The lowest BCUT2D eigenvalue weighted by molar-refractivity contribution is 0.348. The van der Waals surface area contributed by atoms with Crippen molar-refractivity contribution in [2.75, 3.05) is 6.54 Å². The highest BCUT2D eigenvalue weighted by atomic mass is 35.5. The zero-order valence-electron chi connectivity index (χ0n) is 12.1. The maximum Gasteiger partial charge on any atom is 0.241 e. The van der Waals surface area contributed by atoms with Crippen LogP contribution in [0, 0.1) is 13.8 Å². The molecule has 2 rings (SSSR count). The third-order valence-corrected chi connectivity index (χ3v) is 5.34. The molecule has 1 aliphatic heterocycles. The van der Waals surface area contributed by atoms with Crippen molar-refractivity contribution >= 4 is 22.4 Å². The molecule has 1 aromatic rings. The average molecular weight is 319 g/mol. The molecule has 0 bridgehead atoms. The Morgan fingerprint density at radius 1 is 1.30 bits per heavy atom. The van der Waals surface area contributed by atoms with Crippen molar-refractivity contribution in [1.29, 1.82) is 0 Å². The standard InChI is InChI=1S/C14H22N2O2S.ClH/c1-10-6-7-14(11(2)9-10)19(17,18)16-13-5-4-8-15-12(13)3;/h6-7,9,12-13,15-16H,4-5,8H2,1-3H3;1H. The van der Waals surface area contributed by atoms with Crippen LogP contribution < -0.4 is 10.0 Å². The fourth-order valence-corrected chi connectivity index (χ4v) is 4.15. The van der Waals surface area contributed by atoms with E-state index in [2.05, 4.69) is 10.0 Å². The fraction of sp³-hybridized carbons (Fsp3) is 0.571. The van der Waals surface area contributed by atoms with Crippen molar-refractivity contribution < 1.29 is 8.42 Å². The number of aryl methyl sites for hydroxylation is 2. The van der Waals surface area contributed by atoms with E-state index in [9.17, 15) is 8.42 Å². The lowest BCUT2D eigenvalue weighted by Crippen LogP contribution is -2.51. The number of halogens is 1. The van der Waals surface area contributed by atoms with Crippen molar-refractivity contribution in [2.45, 2.75) is 50.6 Å². The molecule has 1 fully saturated rings. The highest BCUT2D eigenvalue weighted by Gasteiger charge is 2.27. The highest BCUT2D eigenvalue weighted by Crippen LogP contribution is 2.18. The SMILES string of the molecule is Cc1ccc(S(=O)(=O)NC2CCCNC2C)c(C)c1.Cl. The summed E-state index contributed by atoms with van der Waals surface area (Å²) in [6.45, 7) is 6.78. The van der Waals surface area contributed by atoms with Gasteiger partial charge in [-0.1, -0.05) is 17.7 Å². The first kappa shape index (κ1) is 17.4. The Hall–Kier alpha value is -0.620. The maximum atomic E-state index is 12.4. The van der Waals surface area contributed by atoms with Crippen LogP contribution in [-0.4, -0.2) is 27.0 Å². The lowest BCUT2D eigenvalue weighted by atomic mass is 10.0. The van der Waals surface area contributed by atoms with Crippen molar-refractivity contribution in [3.05, 3.63) is 29.3 Å². The van der Waals surface area contributed by atoms with Crippen LogP contribution in [-0.2, 0) is 10.0 Å². The Balaban J connectivity index is 0.00000200. The van der Waals surface area contributed by atoms with Gasteiger partial charge >= 0.3 is 0 Å². The molecule has 2 unspecified atom stereocenters. The topological polar surface area (TPSA) is 58.2 Å². The summed E-state index contributed by atoms with van der Waals surface area (Å²) in [5, 5.41) is 3.30. The second kappa shape index (κ2) is 6.89. The van der Waals surface area contributed by atoms with E-state index in [0.717, 1.165) is 30.5 Å². The summed E-state index contributed by atoms with van der Waals surface area (Å²) in [5.41, 5.74) is 1.87. The predicted molar refractivity (Wildman–Crippen MR) is 84.0 cm³/mol. The molecule has 1 saturated heterocycles. The molecule has 0 radical (unpaired) electrons. The largest absolute Gasteiger partial charge is 0.313 e. The van der Waals surface area contributed by atoms with Crippen LogP contribution in [0.3, 0.4) is 0 Å². The Bertz CT molecular complexity index is 560. The first-order valence-corrected chi connectivity index (χ1v) is 8.21. The van der Waals surface area contributed by atoms with Gasteiger partial charge in [-0.25, -0.2) is 13.1 Å². The molecule has 1 aliphatic rings. The molecule has 4 nitrogen and oxygen atoms in total. The second-order valence-corrected chi connectivity index (χ2v) is 7.06. The van der Waals surface area contributed by atoms with Gasteiger partial charge in [0.15, 0.2) is 0 Å². The minimum absolute atomic E-state index is 0. The third-order valence-electron chi connectivity index (χ3n) is 3.69. The number of benzene rings is 1. The zero-order chi connectivity index (χ0) is 14.0. The summed E-state index contributed by atoms with van der Waals surface area (Å²) in [6.07, 6.45) is 1.89. The Labute approximate surface area is 127 Å². The van der Waals surface area contributed by atoms with Crippen LogP contribution in [0.5, 0.6) is 0 Å². The molecule has 2 N–H and O–H groups in total. The van der Waals surface area contributed by atoms with E-state index in [-0.39, 0.29) is 24.5 Å². The molecule has 0 spiro atoms. The zero-order valence-corrected chi connectivity index (χ0v) is 13.8. The Morgan fingerprint density at radius 2 is 2.00 bits per heavy atom. The maximum absolute atomic E-state index is 12.4. The molecule has 6 heteroatoms. The van der Waals surface area contributed by atoms with Gasteiger partial charge in [0.05, 0.1) is 4.90 Å². The third kappa shape index (κ3) is 3.95.